The van der Waals surface area contributed by atoms with Gasteiger partial charge in [-0.05, 0) is 18.4 Å². The molecule has 0 fully saturated rings. The highest BCUT2D eigenvalue weighted by Crippen LogP contribution is 2.33. The lowest BCUT2D eigenvalue weighted by Gasteiger charge is -2.30. The molecule has 1 unspecified atom stereocenters. The van der Waals surface area contributed by atoms with Crippen LogP contribution >= 0.6 is 0 Å². The number of benzene rings is 1. The van der Waals surface area contributed by atoms with Gasteiger partial charge in [-0.3, -0.25) is 0 Å². The topological polar surface area (TPSA) is 55.5 Å². The number of hydrogen-bond acceptors (Lipinski definition) is 3. The Kier molecular flexibility index (Phi) is 4.33. The van der Waals surface area contributed by atoms with E-state index in [4.69, 9.17) is 10.5 Å². The number of rotatable bonds is 5. The molecule has 0 aromatic heterocycles. The van der Waals surface area contributed by atoms with Crippen molar-refractivity contribution in [3.8, 4) is 5.75 Å². The van der Waals surface area contributed by atoms with Crippen LogP contribution in [0.25, 0.3) is 0 Å². The summed E-state index contributed by atoms with van der Waals surface area (Å²) < 4.78 is 5.26. The van der Waals surface area contributed by atoms with E-state index in [1.165, 1.54) is 0 Å². The van der Waals surface area contributed by atoms with Crippen LogP contribution in [0.15, 0.2) is 24.3 Å². The minimum atomic E-state index is -0.999. The Morgan fingerprint density at radius 3 is 2.50 bits per heavy atom. The van der Waals surface area contributed by atoms with Gasteiger partial charge in [0.15, 0.2) is 0 Å². The molecule has 0 aliphatic carbocycles. The molecule has 0 heterocycles. The zero-order chi connectivity index (χ0) is 12.2. The second-order valence-corrected chi connectivity index (χ2v) is 4.53. The average molecular weight is 223 g/mol. The Morgan fingerprint density at radius 2 is 2.00 bits per heavy atom. The molecule has 1 aromatic rings. The number of ether oxygens (including phenoxy) is 1. The summed E-state index contributed by atoms with van der Waals surface area (Å²) >= 11 is 0. The van der Waals surface area contributed by atoms with Crippen LogP contribution in [-0.4, -0.2) is 18.8 Å². The van der Waals surface area contributed by atoms with Crippen LogP contribution in [0.3, 0.4) is 0 Å². The van der Waals surface area contributed by atoms with Crippen molar-refractivity contribution >= 4 is 0 Å². The number of aliphatic hydroxyl groups is 1. The molecule has 3 nitrogen and oxygen atoms in total. The minimum Gasteiger partial charge on any atom is -0.496 e. The van der Waals surface area contributed by atoms with Gasteiger partial charge in [-0.25, -0.2) is 0 Å². The minimum absolute atomic E-state index is 0.200. The zero-order valence-corrected chi connectivity index (χ0v) is 10.2. The van der Waals surface area contributed by atoms with Crippen LogP contribution in [0.5, 0.6) is 5.75 Å². The van der Waals surface area contributed by atoms with E-state index in [9.17, 15) is 5.11 Å². The zero-order valence-electron chi connectivity index (χ0n) is 10.2. The highest BCUT2D eigenvalue weighted by Gasteiger charge is 2.31. The fourth-order valence-electron chi connectivity index (χ4n) is 2.01. The summed E-state index contributed by atoms with van der Waals surface area (Å²) in [7, 11) is 1.60. The quantitative estimate of drug-likeness (QED) is 0.801. The Hall–Kier alpha value is -1.06. The molecule has 3 heteroatoms. The van der Waals surface area contributed by atoms with Crippen LogP contribution in [0, 0.1) is 5.92 Å². The monoisotopic (exact) mass is 223 g/mol. The summed E-state index contributed by atoms with van der Waals surface area (Å²) in [5, 5.41) is 10.6. The molecule has 0 radical (unpaired) electrons. The van der Waals surface area contributed by atoms with Crippen molar-refractivity contribution in [2.24, 2.45) is 11.7 Å². The van der Waals surface area contributed by atoms with E-state index in [1.807, 2.05) is 24.3 Å². The Labute approximate surface area is 97.2 Å². The van der Waals surface area contributed by atoms with Crippen LogP contribution in [0.1, 0.15) is 25.8 Å². The highest BCUT2D eigenvalue weighted by molar-refractivity contribution is 5.38. The van der Waals surface area contributed by atoms with Gasteiger partial charge in [0.2, 0.25) is 0 Å². The second-order valence-electron chi connectivity index (χ2n) is 4.53. The molecule has 0 saturated carbocycles. The van der Waals surface area contributed by atoms with Crippen molar-refractivity contribution in [1.29, 1.82) is 0 Å². The van der Waals surface area contributed by atoms with Gasteiger partial charge < -0.3 is 15.6 Å². The first kappa shape index (κ1) is 13.0. The van der Waals surface area contributed by atoms with Crippen molar-refractivity contribution in [2.45, 2.75) is 25.9 Å². The molecule has 0 amide bonds. The van der Waals surface area contributed by atoms with Crippen molar-refractivity contribution in [3.05, 3.63) is 29.8 Å². The van der Waals surface area contributed by atoms with Crippen LogP contribution in [-0.2, 0) is 5.60 Å². The van der Waals surface area contributed by atoms with E-state index in [-0.39, 0.29) is 6.54 Å². The normalized spacial score (nSPS) is 14.9. The predicted molar refractivity (Wildman–Crippen MR) is 65.4 cm³/mol. The molecule has 0 bridgehead atoms. The van der Waals surface area contributed by atoms with E-state index in [1.54, 1.807) is 7.11 Å². The van der Waals surface area contributed by atoms with Crippen molar-refractivity contribution in [3.63, 3.8) is 0 Å². The third kappa shape index (κ3) is 2.74. The largest absolute Gasteiger partial charge is 0.496 e. The van der Waals surface area contributed by atoms with Crippen molar-refractivity contribution in [1.82, 2.24) is 0 Å². The summed E-state index contributed by atoms with van der Waals surface area (Å²) in [5.74, 6) is 1.06. The maximum absolute atomic E-state index is 10.6. The van der Waals surface area contributed by atoms with Gasteiger partial charge >= 0.3 is 0 Å². The third-order valence-electron chi connectivity index (χ3n) is 2.69. The van der Waals surface area contributed by atoms with Crippen LogP contribution in [0.4, 0.5) is 0 Å². The summed E-state index contributed by atoms with van der Waals surface area (Å²) in [4.78, 5) is 0. The summed E-state index contributed by atoms with van der Waals surface area (Å²) in [5.41, 5.74) is 5.48. The van der Waals surface area contributed by atoms with E-state index in [2.05, 4.69) is 13.8 Å². The molecule has 90 valence electrons. The van der Waals surface area contributed by atoms with Gasteiger partial charge in [0.1, 0.15) is 11.4 Å². The molecule has 16 heavy (non-hydrogen) atoms. The average Bonchev–Trinajstić information content (AvgIpc) is 2.28. The van der Waals surface area contributed by atoms with Gasteiger partial charge in [0, 0.05) is 12.1 Å². The fraction of sp³-hybridized carbons (Fsp3) is 0.538. The Balaban J connectivity index is 3.11. The highest BCUT2D eigenvalue weighted by atomic mass is 16.5. The summed E-state index contributed by atoms with van der Waals surface area (Å²) in [6, 6.07) is 7.48. The maximum Gasteiger partial charge on any atom is 0.124 e. The molecular formula is C13H21NO2. The molecule has 3 N–H and O–H groups in total. The van der Waals surface area contributed by atoms with E-state index < -0.39 is 5.60 Å². The third-order valence-corrected chi connectivity index (χ3v) is 2.69. The smallest absolute Gasteiger partial charge is 0.124 e. The van der Waals surface area contributed by atoms with Crippen LogP contribution < -0.4 is 10.5 Å². The maximum atomic E-state index is 10.6. The number of para-hydroxylation sites is 1. The first-order chi connectivity index (χ1) is 7.53. The van der Waals surface area contributed by atoms with Gasteiger partial charge in [-0.2, -0.15) is 0 Å². The summed E-state index contributed by atoms with van der Waals surface area (Å²) in [6.07, 6.45) is 0.629. The molecule has 1 rings (SSSR count). The molecular weight excluding hydrogens is 202 g/mol. The number of methoxy groups -OCH3 is 1. The SMILES string of the molecule is COc1ccccc1C(O)(CN)CC(C)C. The first-order valence-electron chi connectivity index (χ1n) is 5.59. The van der Waals surface area contributed by atoms with Gasteiger partial charge in [-0.15, -0.1) is 0 Å². The molecule has 1 atom stereocenters. The van der Waals surface area contributed by atoms with Gasteiger partial charge in [0.25, 0.3) is 0 Å². The fourth-order valence-corrected chi connectivity index (χ4v) is 2.01. The van der Waals surface area contributed by atoms with Crippen molar-refractivity contribution in [2.75, 3.05) is 13.7 Å². The van der Waals surface area contributed by atoms with Crippen LogP contribution in [0.2, 0.25) is 0 Å². The Bertz CT molecular complexity index is 338. The molecule has 0 aliphatic rings. The lowest BCUT2D eigenvalue weighted by molar-refractivity contribution is 0.0221. The van der Waals surface area contributed by atoms with E-state index in [0.717, 1.165) is 5.56 Å². The lowest BCUT2D eigenvalue weighted by Crippen LogP contribution is -2.36. The standard InChI is InChI=1S/C13H21NO2/c1-10(2)8-13(15,9-14)11-6-4-5-7-12(11)16-3/h4-7,10,15H,8-9,14H2,1-3H3. The molecule has 0 saturated heterocycles. The van der Waals surface area contributed by atoms with E-state index in [0.29, 0.717) is 18.1 Å². The van der Waals surface area contributed by atoms with Crippen molar-refractivity contribution < 1.29 is 9.84 Å². The molecule has 0 spiro atoms. The van der Waals surface area contributed by atoms with Gasteiger partial charge in [0.05, 0.1) is 7.11 Å². The number of nitrogens with two attached hydrogens (primary N) is 1. The molecule has 0 aliphatic heterocycles. The molecule has 1 aromatic carbocycles. The first-order valence-corrected chi connectivity index (χ1v) is 5.59. The second kappa shape index (κ2) is 5.32. The Morgan fingerprint density at radius 1 is 1.38 bits per heavy atom. The predicted octanol–water partition coefficient (Wildman–Crippen LogP) is 1.89. The van der Waals surface area contributed by atoms with Gasteiger partial charge in [-0.1, -0.05) is 32.0 Å². The number of hydrogen-bond donors (Lipinski definition) is 2. The summed E-state index contributed by atoms with van der Waals surface area (Å²) in [6.45, 7) is 4.33. The van der Waals surface area contributed by atoms with E-state index >= 15 is 0 Å². The lowest BCUT2D eigenvalue weighted by atomic mass is 9.85.